The van der Waals surface area contributed by atoms with Crippen LogP contribution in [0.15, 0.2) is 18.2 Å². The van der Waals surface area contributed by atoms with Gasteiger partial charge in [-0.2, -0.15) is 0 Å². The SMILES string of the molecule is CNC1c2cccc(COC)c2CC1C. The summed E-state index contributed by atoms with van der Waals surface area (Å²) in [6.07, 6.45) is 1.17. The maximum Gasteiger partial charge on any atom is 0.0715 e. The summed E-state index contributed by atoms with van der Waals surface area (Å²) in [4.78, 5) is 0. The summed E-state index contributed by atoms with van der Waals surface area (Å²) in [5.41, 5.74) is 4.30. The van der Waals surface area contributed by atoms with Gasteiger partial charge in [0.05, 0.1) is 6.61 Å². The van der Waals surface area contributed by atoms with Crippen LogP contribution in [0, 0.1) is 5.92 Å². The fourth-order valence-corrected chi connectivity index (χ4v) is 2.67. The molecule has 1 aromatic rings. The van der Waals surface area contributed by atoms with E-state index >= 15 is 0 Å². The van der Waals surface area contributed by atoms with E-state index in [9.17, 15) is 0 Å². The van der Waals surface area contributed by atoms with Gasteiger partial charge in [-0.1, -0.05) is 25.1 Å². The Kier molecular flexibility index (Phi) is 3.08. The molecule has 0 saturated heterocycles. The van der Waals surface area contributed by atoms with Gasteiger partial charge in [-0.3, -0.25) is 0 Å². The van der Waals surface area contributed by atoms with Crippen LogP contribution in [0.25, 0.3) is 0 Å². The first-order valence-electron chi connectivity index (χ1n) is 5.54. The van der Waals surface area contributed by atoms with Gasteiger partial charge < -0.3 is 10.1 Å². The third kappa shape index (κ3) is 1.80. The summed E-state index contributed by atoms with van der Waals surface area (Å²) in [6, 6.07) is 7.05. The normalized spacial score (nSPS) is 24.2. The molecule has 2 heteroatoms. The smallest absolute Gasteiger partial charge is 0.0715 e. The Morgan fingerprint density at radius 3 is 2.93 bits per heavy atom. The number of methoxy groups -OCH3 is 1. The van der Waals surface area contributed by atoms with Crippen LogP contribution in [0.2, 0.25) is 0 Å². The maximum absolute atomic E-state index is 5.24. The van der Waals surface area contributed by atoms with Crippen molar-refractivity contribution in [3.8, 4) is 0 Å². The number of benzene rings is 1. The van der Waals surface area contributed by atoms with E-state index in [1.54, 1.807) is 7.11 Å². The van der Waals surface area contributed by atoms with Crippen molar-refractivity contribution < 1.29 is 4.74 Å². The van der Waals surface area contributed by atoms with Gasteiger partial charge in [-0.05, 0) is 36.1 Å². The zero-order chi connectivity index (χ0) is 10.8. The van der Waals surface area contributed by atoms with Gasteiger partial charge in [0, 0.05) is 13.2 Å². The first kappa shape index (κ1) is 10.7. The second-order valence-electron chi connectivity index (χ2n) is 4.37. The van der Waals surface area contributed by atoms with Crippen molar-refractivity contribution in [3.05, 3.63) is 34.9 Å². The molecule has 0 radical (unpaired) electrons. The molecule has 2 nitrogen and oxygen atoms in total. The highest BCUT2D eigenvalue weighted by Gasteiger charge is 2.29. The number of nitrogens with one attached hydrogen (secondary N) is 1. The van der Waals surface area contributed by atoms with Crippen molar-refractivity contribution in [2.45, 2.75) is 26.0 Å². The molecular weight excluding hydrogens is 186 g/mol. The molecule has 0 saturated carbocycles. The second kappa shape index (κ2) is 4.33. The van der Waals surface area contributed by atoms with E-state index in [1.165, 1.54) is 23.1 Å². The van der Waals surface area contributed by atoms with Crippen molar-refractivity contribution in [1.29, 1.82) is 0 Å². The molecule has 2 unspecified atom stereocenters. The molecule has 2 rings (SSSR count). The minimum Gasteiger partial charge on any atom is -0.380 e. The van der Waals surface area contributed by atoms with E-state index in [2.05, 4.69) is 30.4 Å². The highest BCUT2D eigenvalue weighted by Crippen LogP contribution is 2.37. The van der Waals surface area contributed by atoms with Crippen LogP contribution < -0.4 is 5.32 Å². The van der Waals surface area contributed by atoms with Crippen molar-refractivity contribution in [3.63, 3.8) is 0 Å². The van der Waals surface area contributed by atoms with Crippen molar-refractivity contribution in [2.75, 3.05) is 14.2 Å². The quantitative estimate of drug-likeness (QED) is 0.817. The van der Waals surface area contributed by atoms with E-state index < -0.39 is 0 Å². The predicted octanol–water partition coefficient (Wildman–Crippen LogP) is 2.29. The van der Waals surface area contributed by atoms with E-state index in [0.717, 1.165) is 6.61 Å². The highest BCUT2D eigenvalue weighted by molar-refractivity contribution is 5.41. The Morgan fingerprint density at radius 2 is 2.27 bits per heavy atom. The summed E-state index contributed by atoms with van der Waals surface area (Å²) < 4.78 is 5.24. The average Bonchev–Trinajstić information content (AvgIpc) is 2.55. The first-order chi connectivity index (χ1) is 7.27. The minimum atomic E-state index is 0.511. The Hall–Kier alpha value is -0.860. The Balaban J connectivity index is 2.38. The highest BCUT2D eigenvalue weighted by atomic mass is 16.5. The molecule has 0 heterocycles. The summed E-state index contributed by atoms with van der Waals surface area (Å²) >= 11 is 0. The summed E-state index contributed by atoms with van der Waals surface area (Å²) in [5, 5.41) is 3.40. The van der Waals surface area contributed by atoms with Crippen LogP contribution >= 0.6 is 0 Å². The van der Waals surface area contributed by atoms with E-state index in [4.69, 9.17) is 4.74 Å². The monoisotopic (exact) mass is 205 g/mol. The van der Waals surface area contributed by atoms with Crippen molar-refractivity contribution >= 4 is 0 Å². The van der Waals surface area contributed by atoms with Gasteiger partial charge in [-0.15, -0.1) is 0 Å². The molecule has 82 valence electrons. The van der Waals surface area contributed by atoms with E-state index in [0.29, 0.717) is 12.0 Å². The summed E-state index contributed by atoms with van der Waals surface area (Å²) in [6.45, 7) is 3.03. The Labute approximate surface area is 91.6 Å². The van der Waals surface area contributed by atoms with Gasteiger partial charge in [-0.25, -0.2) is 0 Å². The third-order valence-electron chi connectivity index (χ3n) is 3.35. The van der Waals surface area contributed by atoms with Crippen LogP contribution in [0.3, 0.4) is 0 Å². The molecule has 0 spiro atoms. The molecule has 0 fully saturated rings. The molecule has 2 atom stereocenters. The van der Waals surface area contributed by atoms with Gasteiger partial charge in [0.1, 0.15) is 0 Å². The number of rotatable bonds is 3. The largest absolute Gasteiger partial charge is 0.380 e. The molecule has 0 aromatic heterocycles. The van der Waals surface area contributed by atoms with Crippen LogP contribution in [0.1, 0.15) is 29.7 Å². The van der Waals surface area contributed by atoms with Crippen LogP contribution in [-0.2, 0) is 17.8 Å². The topological polar surface area (TPSA) is 21.3 Å². The molecule has 1 aromatic carbocycles. The standard InChI is InChI=1S/C13H19NO/c1-9-7-12-10(8-15-3)5-4-6-11(12)13(9)14-2/h4-6,9,13-14H,7-8H2,1-3H3. The maximum atomic E-state index is 5.24. The number of hydrogen-bond donors (Lipinski definition) is 1. The number of hydrogen-bond acceptors (Lipinski definition) is 2. The first-order valence-corrected chi connectivity index (χ1v) is 5.54. The zero-order valence-corrected chi connectivity index (χ0v) is 9.71. The summed E-state index contributed by atoms with van der Waals surface area (Å²) in [5.74, 6) is 0.683. The van der Waals surface area contributed by atoms with Gasteiger partial charge in [0.2, 0.25) is 0 Å². The van der Waals surface area contributed by atoms with E-state index in [-0.39, 0.29) is 0 Å². The molecule has 1 aliphatic carbocycles. The predicted molar refractivity (Wildman–Crippen MR) is 61.8 cm³/mol. The van der Waals surface area contributed by atoms with Crippen LogP contribution in [0.4, 0.5) is 0 Å². The van der Waals surface area contributed by atoms with Gasteiger partial charge in [0.15, 0.2) is 0 Å². The van der Waals surface area contributed by atoms with Gasteiger partial charge >= 0.3 is 0 Å². The molecule has 0 amide bonds. The molecule has 1 N–H and O–H groups in total. The average molecular weight is 205 g/mol. The molecule has 15 heavy (non-hydrogen) atoms. The lowest BCUT2D eigenvalue weighted by Gasteiger charge is -2.15. The molecule has 0 bridgehead atoms. The zero-order valence-electron chi connectivity index (χ0n) is 9.71. The fraction of sp³-hybridized carbons (Fsp3) is 0.538. The van der Waals surface area contributed by atoms with Crippen LogP contribution in [0.5, 0.6) is 0 Å². The van der Waals surface area contributed by atoms with Crippen molar-refractivity contribution in [2.24, 2.45) is 5.92 Å². The minimum absolute atomic E-state index is 0.511. The van der Waals surface area contributed by atoms with Crippen molar-refractivity contribution in [1.82, 2.24) is 5.32 Å². The number of ether oxygens (including phenoxy) is 1. The third-order valence-corrected chi connectivity index (χ3v) is 3.35. The lowest BCUT2D eigenvalue weighted by Crippen LogP contribution is -2.19. The Bertz CT molecular complexity index is 348. The molecule has 0 aliphatic heterocycles. The molecule has 1 aliphatic rings. The number of fused-ring (bicyclic) bond motifs is 1. The second-order valence-corrected chi connectivity index (χ2v) is 4.37. The Morgan fingerprint density at radius 1 is 1.47 bits per heavy atom. The lowest BCUT2D eigenvalue weighted by molar-refractivity contribution is 0.184. The molecular formula is C13H19NO. The lowest BCUT2D eigenvalue weighted by atomic mass is 10.0. The summed E-state index contributed by atoms with van der Waals surface area (Å²) in [7, 11) is 3.80. The van der Waals surface area contributed by atoms with E-state index in [1.807, 2.05) is 7.05 Å². The fourth-order valence-electron chi connectivity index (χ4n) is 2.67. The van der Waals surface area contributed by atoms with Crippen LogP contribution in [-0.4, -0.2) is 14.2 Å². The van der Waals surface area contributed by atoms with Gasteiger partial charge in [0.25, 0.3) is 0 Å².